The normalized spacial score (nSPS) is 38.8. The maximum atomic E-state index is 12.8. The highest BCUT2D eigenvalue weighted by atomic mass is 16.2. The van der Waals surface area contributed by atoms with Crippen LogP contribution >= 0.6 is 0 Å². The van der Waals surface area contributed by atoms with E-state index in [9.17, 15) is 9.59 Å². The number of carbonyl (C=O) groups is 2. The van der Waals surface area contributed by atoms with E-state index in [2.05, 4.69) is 27.5 Å². The molecule has 6 fully saturated rings. The van der Waals surface area contributed by atoms with Crippen molar-refractivity contribution in [2.24, 2.45) is 29.6 Å². The maximum absolute atomic E-state index is 12.8. The minimum absolute atomic E-state index is 0.0484. The van der Waals surface area contributed by atoms with Crippen LogP contribution in [0.5, 0.6) is 0 Å². The molecule has 0 aromatic heterocycles. The fourth-order valence-electron chi connectivity index (χ4n) is 7.54. The number of hydrogen-bond donors (Lipinski definition) is 2. The van der Waals surface area contributed by atoms with Gasteiger partial charge in [0.25, 0.3) is 0 Å². The summed E-state index contributed by atoms with van der Waals surface area (Å²) in [7, 11) is 2.23. The van der Waals surface area contributed by atoms with E-state index in [0.717, 1.165) is 69.0 Å². The van der Waals surface area contributed by atoms with Crippen LogP contribution in [0.1, 0.15) is 64.7 Å². The van der Waals surface area contributed by atoms with Gasteiger partial charge in [-0.1, -0.05) is 0 Å². The van der Waals surface area contributed by atoms with E-state index >= 15 is 0 Å². The number of amides is 3. The third-order valence-corrected chi connectivity index (χ3v) is 8.73. The average Bonchev–Trinajstić information content (AvgIpc) is 3.34. The minimum Gasteiger partial charge on any atom is -0.332 e. The number of rotatable bonds is 7. The fourth-order valence-corrected chi connectivity index (χ4v) is 7.54. The lowest BCUT2D eigenvalue weighted by atomic mass is 9.53. The SMILES string of the molecule is C[C@@H](C(=O)NC(=O)NC12CC3CC(CC(C3)C1)C2)N1CC[C@H](CN(C)CC2CC2)C1. The number of likely N-dealkylation sites (tertiary alicyclic amines) is 1. The molecular weight excluding hydrogens is 376 g/mol. The van der Waals surface area contributed by atoms with Gasteiger partial charge in [-0.15, -0.1) is 0 Å². The van der Waals surface area contributed by atoms with Gasteiger partial charge >= 0.3 is 6.03 Å². The Hall–Kier alpha value is -1.14. The third kappa shape index (κ3) is 4.55. The molecule has 1 aliphatic heterocycles. The molecular formula is C24H40N4O2. The van der Waals surface area contributed by atoms with Crippen molar-refractivity contribution in [3.8, 4) is 0 Å². The third-order valence-electron chi connectivity index (χ3n) is 8.73. The van der Waals surface area contributed by atoms with Crippen LogP contribution in [0.15, 0.2) is 0 Å². The quantitative estimate of drug-likeness (QED) is 0.670. The molecule has 6 rings (SSSR count). The van der Waals surface area contributed by atoms with Crippen molar-refractivity contribution in [2.45, 2.75) is 76.3 Å². The molecule has 168 valence electrons. The monoisotopic (exact) mass is 416 g/mol. The number of hydrogen-bond acceptors (Lipinski definition) is 4. The molecule has 2 N–H and O–H groups in total. The predicted octanol–water partition coefficient (Wildman–Crippen LogP) is 2.83. The summed E-state index contributed by atoms with van der Waals surface area (Å²) < 4.78 is 0. The molecule has 3 amide bonds. The number of nitrogens with one attached hydrogen (secondary N) is 2. The van der Waals surface area contributed by atoms with Gasteiger partial charge in [0.05, 0.1) is 6.04 Å². The van der Waals surface area contributed by atoms with E-state index in [-0.39, 0.29) is 23.5 Å². The first-order valence-corrected chi connectivity index (χ1v) is 12.4. The highest BCUT2D eigenvalue weighted by Crippen LogP contribution is 2.55. The van der Waals surface area contributed by atoms with Gasteiger partial charge in [-0.2, -0.15) is 0 Å². The molecule has 0 aromatic rings. The largest absolute Gasteiger partial charge is 0.332 e. The van der Waals surface area contributed by atoms with Crippen LogP contribution in [-0.2, 0) is 4.79 Å². The number of urea groups is 1. The Morgan fingerprint density at radius 2 is 1.60 bits per heavy atom. The first kappa shape index (κ1) is 20.7. The number of carbonyl (C=O) groups excluding carboxylic acids is 2. The summed E-state index contributed by atoms with van der Waals surface area (Å²) in [5.41, 5.74) is -0.0484. The molecule has 6 aliphatic rings. The van der Waals surface area contributed by atoms with Crippen molar-refractivity contribution in [2.75, 3.05) is 33.2 Å². The molecule has 0 unspecified atom stereocenters. The van der Waals surface area contributed by atoms with Gasteiger partial charge in [-0.25, -0.2) is 4.79 Å². The molecule has 0 aromatic carbocycles. The summed E-state index contributed by atoms with van der Waals surface area (Å²) in [4.78, 5) is 30.2. The summed E-state index contributed by atoms with van der Waals surface area (Å²) in [6, 6.07) is -0.514. The predicted molar refractivity (Wildman–Crippen MR) is 117 cm³/mol. The smallest absolute Gasteiger partial charge is 0.321 e. The molecule has 6 heteroatoms. The lowest BCUT2D eigenvalue weighted by Gasteiger charge is -2.56. The molecule has 5 aliphatic carbocycles. The summed E-state index contributed by atoms with van der Waals surface area (Å²) in [5, 5.41) is 5.94. The van der Waals surface area contributed by atoms with Crippen molar-refractivity contribution in [1.29, 1.82) is 0 Å². The van der Waals surface area contributed by atoms with Gasteiger partial charge < -0.3 is 10.2 Å². The summed E-state index contributed by atoms with van der Waals surface area (Å²) in [6.45, 7) is 6.20. The van der Waals surface area contributed by atoms with E-state index in [1.54, 1.807) is 0 Å². The van der Waals surface area contributed by atoms with Gasteiger partial charge in [0.1, 0.15) is 0 Å². The highest BCUT2D eigenvalue weighted by Gasteiger charge is 2.51. The molecule has 1 saturated heterocycles. The van der Waals surface area contributed by atoms with Gasteiger partial charge in [-0.3, -0.25) is 15.0 Å². The van der Waals surface area contributed by atoms with Crippen LogP contribution in [0.3, 0.4) is 0 Å². The van der Waals surface area contributed by atoms with Crippen LogP contribution in [0.4, 0.5) is 4.79 Å². The lowest BCUT2D eigenvalue weighted by molar-refractivity contribution is -0.124. The van der Waals surface area contributed by atoms with E-state index in [0.29, 0.717) is 5.92 Å². The van der Waals surface area contributed by atoms with Gasteiger partial charge in [0.15, 0.2) is 0 Å². The zero-order chi connectivity index (χ0) is 20.9. The van der Waals surface area contributed by atoms with E-state index in [1.807, 2.05) is 6.92 Å². The van der Waals surface area contributed by atoms with E-state index in [1.165, 1.54) is 38.6 Å². The Morgan fingerprint density at radius 1 is 1.00 bits per heavy atom. The van der Waals surface area contributed by atoms with Crippen molar-refractivity contribution < 1.29 is 9.59 Å². The lowest BCUT2D eigenvalue weighted by Crippen LogP contribution is -2.62. The Morgan fingerprint density at radius 3 is 2.20 bits per heavy atom. The van der Waals surface area contributed by atoms with Crippen molar-refractivity contribution in [3.05, 3.63) is 0 Å². The molecule has 0 spiro atoms. The first-order valence-electron chi connectivity index (χ1n) is 12.4. The van der Waals surface area contributed by atoms with Crippen LogP contribution < -0.4 is 10.6 Å². The molecule has 4 bridgehead atoms. The second-order valence-corrected chi connectivity index (χ2v) is 11.6. The van der Waals surface area contributed by atoms with Crippen molar-refractivity contribution in [3.63, 3.8) is 0 Å². The summed E-state index contributed by atoms with van der Waals surface area (Å²) >= 11 is 0. The zero-order valence-electron chi connectivity index (χ0n) is 18.9. The van der Waals surface area contributed by atoms with Crippen molar-refractivity contribution in [1.82, 2.24) is 20.4 Å². The van der Waals surface area contributed by atoms with E-state index in [4.69, 9.17) is 0 Å². The topological polar surface area (TPSA) is 64.7 Å². The molecule has 30 heavy (non-hydrogen) atoms. The second-order valence-electron chi connectivity index (χ2n) is 11.6. The Balaban J connectivity index is 1.08. The standard InChI is InChI=1S/C24H40N4O2/c1-16(28-6-5-18(15-28)14-27(2)13-17-3-4-17)22(29)25-23(30)26-24-10-19-7-20(11-24)9-21(8-19)12-24/h16-21H,3-15H2,1-2H3,(H2,25,26,29,30)/t16-,18+,19?,20?,21?,24?/m0/s1. The number of imide groups is 1. The summed E-state index contributed by atoms with van der Waals surface area (Å²) in [5.74, 6) is 3.75. The Labute approximate surface area is 181 Å². The zero-order valence-corrected chi connectivity index (χ0v) is 18.9. The molecule has 6 nitrogen and oxygen atoms in total. The van der Waals surface area contributed by atoms with Crippen LogP contribution in [0, 0.1) is 29.6 Å². The van der Waals surface area contributed by atoms with Gasteiger partial charge in [0.2, 0.25) is 5.91 Å². The first-order chi connectivity index (χ1) is 14.4. The van der Waals surface area contributed by atoms with Crippen LogP contribution in [-0.4, -0.2) is 66.5 Å². The Kier molecular flexibility index (Phi) is 5.59. The number of nitrogens with zero attached hydrogens (tertiary/aromatic N) is 2. The average molecular weight is 417 g/mol. The molecule has 1 heterocycles. The van der Waals surface area contributed by atoms with Gasteiger partial charge in [0, 0.05) is 25.2 Å². The van der Waals surface area contributed by atoms with Crippen LogP contribution in [0.25, 0.3) is 0 Å². The maximum Gasteiger partial charge on any atom is 0.321 e. The second kappa shape index (κ2) is 8.09. The van der Waals surface area contributed by atoms with Gasteiger partial charge in [-0.05, 0) is 108 Å². The van der Waals surface area contributed by atoms with Crippen LogP contribution in [0.2, 0.25) is 0 Å². The molecule has 5 saturated carbocycles. The highest BCUT2D eigenvalue weighted by molar-refractivity contribution is 5.97. The minimum atomic E-state index is -0.270. The van der Waals surface area contributed by atoms with E-state index < -0.39 is 0 Å². The van der Waals surface area contributed by atoms with Crippen molar-refractivity contribution >= 4 is 11.9 Å². The molecule has 0 radical (unpaired) electrons. The summed E-state index contributed by atoms with van der Waals surface area (Å²) in [6.07, 6.45) is 11.3. The Bertz CT molecular complexity index is 641. The fraction of sp³-hybridized carbons (Fsp3) is 0.917. The molecule has 2 atom stereocenters.